The molecule has 5 heteroatoms. The third kappa shape index (κ3) is 5.91. The molecular formula is C16H25NO4. The summed E-state index contributed by atoms with van der Waals surface area (Å²) < 4.78 is 21.4. The van der Waals surface area contributed by atoms with Gasteiger partial charge in [0.05, 0.1) is 13.2 Å². The Morgan fingerprint density at radius 3 is 2.76 bits per heavy atom. The fraction of sp³-hybridized carbons (Fsp3) is 0.625. The molecule has 0 aliphatic carbocycles. The molecule has 0 saturated carbocycles. The lowest BCUT2D eigenvalue weighted by Crippen LogP contribution is -2.20. The van der Waals surface area contributed by atoms with E-state index in [0.717, 1.165) is 44.0 Å². The molecule has 21 heavy (non-hydrogen) atoms. The molecule has 1 aromatic rings. The van der Waals surface area contributed by atoms with Gasteiger partial charge in [-0.05, 0) is 43.6 Å². The first-order chi connectivity index (χ1) is 10.4. The normalized spacial score (nSPS) is 13.4. The van der Waals surface area contributed by atoms with E-state index in [0.29, 0.717) is 26.4 Å². The Morgan fingerprint density at radius 1 is 1.05 bits per heavy atom. The smallest absolute Gasteiger partial charge is 0.161 e. The number of methoxy groups -OCH3 is 1. The zero-order valence-corrected chi connectivity index (χ0v) is 12.7. The van der Waals surface area contributed by atoms with E-state index in [1.165, 1.54) is 5.56 Å². The summed E-state index contributed by atoms with van der Waals surface area (Å²) in [7, 11) is 1.68. The molecule has 0 aromatic heterocycles. The molecule has 1 aliphatic rings. The Hall–Kier alpha value is -1.30. The SMILES string of the molecule is COCCOCCCNCCc1ccc2c(c1)OCCO2. The lowest BCUT2D eigenvalue weighted by Gasteiger charge is -2.18. The second kappa shape index (κ2) is 9.60. The highest BCUT2D eigenvalue weighted by Crippen LogP contribution is 2.30. The molecule has 0 saturated heterocycles. The van der Waals surface area contributed by atoms with E-state index in [1.807, 2.05) is 6.07 Å². The standard InChI is InChI=1S/C16H25NO4/c1-18-9-10-19-8-2-6-17-7-5-14-3-4-15-16(13-14)21-12-11-20-15/h3-4,13,17H,2,5-12H2,1H3. The number of hydrogen-bond acceptors (Lipinski definition) is 5. The number of benzene rings is 1. The zero-order valence-electron chi connectivity index (χ0n) is 12.7. The summed E-state index contributed by atoms with van der Waals surface area (Å²) in [6, 6.07) is 6.17. The van der Waals surface area contributed by atoms with E-state index in [9.17, 15) is 0 Å². The first kappa shape index (κ1) is 16.1. The molecule has 0 fully saturated rings. The second-order valence-corrected chi connectivity index (χ2v) is 4.94. The van der Waals surface area contributed by atoms with Crippen LogP contribution in [0.5, 0.6) is 11.5 Å². The zero-order chi connectivity index (χ0) is 14.8. The van der Waals surface area contributed by atoms with Gasteiger partial charge in [-0.2, -0.15) is 0 Å². The summed E-state index contributed by atoms with van der Waals surface area (Å²) in [5, 5.41) is 3.42. The number of ether oxygens (including phenoxy) is 4. The fourth-order valence-electron chi connectivity index (χ4n) is 2.14. The average molecular weight is 295 g/mol. The molecule has 0 amide bonds. The first-order valence-corrected chi connectivity index (χ1v) is 7.56. The van der Waals surface area contributed by atoms with Gasteiger partial charge in [-0.1, -0.05) is 6.07 Å². The first-order valence-electron chi connectivity index (χ1n) is 7.56. The molecule has 5 nitrogen and oxygen atoms in total. The Labute approximate surface area is 126 Å². The molecule has 0 atom stereocenters. The number of nitrogens with one attached hydrogen (secondary N) is 1. The Kier molecular flexibility index (Phi) is 7.35. The number of hydrogen-bond donors (Lipinski definition) is 1. The summed E-state index contributed by atoms with van der Waals surface area (Å²) in [5.74, 6) is 1.72. The van der Waals surface area contributed by atoms with Crippen LogP contribution in [0.25, 0.3) is 0 Å². The Bertz CT molecular complexity index is 411. The van der Waals surface area contributed by atoms with Crippen molar-refractivity contribution < 1.29 is 18.9 Å². The molecule has 1 aromatic carbocycles. The highest BCUT2D eigenvalue weighted by atomic mass is 16.6. The van der Waals surface area contributed by atoms with Crippen LogP contribution in [0.15, 0.2) is 18.2 Å². The monoisotopic (exact) mass is 295 g/mol. The van der Waals surface area contributed by atoms with Gasteiger partial charge in [0.1, 0.15) is 13.2 Å². The molecule has 1 aliphatic heterocycles. The van der Waals surface area contributed by atoms with Crippen LogP contribution in [0.1, 0.15) is 12.0 Å². The van der Waals surface area contributed by atoms with Crippen molar-refractivity contribution in [3.05, 3.63) is 23.8 Å². The van der Waals surface area contributed by atoms with Crippen LogP contribution in [-0.2, 0) is 15.9 Å². The Balaban J connectivity index is 1.54. The van der Waals surface area contributed by atoms with Crippen LogP contribution < -0.4 is 14.8 Å². The molecule has 0 spiro atoms. The van der Waals surface area contributed by atoms with Crippen molar-refractivity contribution >= 4 is 0 Å². The van der Waals surface area contributed by atoms with Gasteiger partial charge >= 0.3 is 0 Å². The van der Waals surface area contributed by atoms with Gasteiger partial charge in [-0.3, -0.25) is 0 Å². The van der Waals surface area contributed by atoms with Crippen molar-refractivity contribution in [3.63, 3.8) is 0 Å². The van der Waals surface area contributed by atoms with E-state index in [-0.39, 0.29) is 0 Å². The maximum atomic E-state index is 5.58. The van der Waals surface area contributed by atoms with Crippen molar-refractivity contribution in [2.24, 2.45) is 0 Å². The minimum Gasteiger partial charge on any atom is -0.486 e. The topological polar surface area (TPSA) is 49.0 Å². The van der Waals surface area contributed by atoms with Gasteiger partial charge in [0.2, 0.25) is 0 Å². The van der Waals surface area contributed by atoms with E-state index in [2.05, 4.69) is 17.4 Å². The quantitative estimate of drug-likeness (QED) is 0.665. The lowest BCUT2D eigenvalue weighted by atomic mass is 10.1. The molecule has 0 unspecified atom stereocenters. The fourth-order valence-corrected chi connectivity index (χ4v) is 2.14. The maximum absolute atomic E-state index is 5.58. The lowest BCUT2D eigenvalue weighted by molar-refractivity contribution is 0.0695. The molecular weight excluding hydrogens is 270 g/mol. The van der Waals surface area contributed by atoms with Gasteiger partial charge in [-0.15, -0.1) is 0 Å². The summed E-state index contributed by atoms with van der Waals surface area (Å²) in [6.45, 7) is 5.32. The van der Waals surface area contributed by atoms with Gasteiger partial charge in [0, 0.05) is 13.7 Å². The second-order valence-electron chi connectivity index (χ2n) is 4.94. The molecule has 1 N–H and O–H groups in total. The maximum Gasteiger partial charge on any atom is 0.161 e. The number of rotatable bonds is 10. The molecule has 0 bridgehead atoms. The van der Waals surface area contributed by atoms with Crippen LogP contribution in [-0.4, -0.2) is 53.2 Å². The third-order valence-electron chi connectivity index (χ3n) is 3.27. The predicted octanol–water partition coefficient (Wildman–Crippen LogP) is 1.64. The van der Waals surface area contributed by atoms with Crippen LogP contribution in [0.2, 0.25) is 0 Å². The largest absolute Gasteiger partial charge is 0.486 e. The summed E-state index contributed by atoms with van der Waals surface area (Å²) >= 11 is 0. The van der Waals surface area contributed by atoms with Crippen LogP contribution in [0, 0.1) is 0 Å². The van der Waals surface area contributed by atoms with Crippen molar-refractivity contribution in [2.45, 2.75) is 12.8 Å². The summed E-state index contributed by atoms with van der Waals surface area (Å²) in [5.41, 5.74) is 1.27. The van der Waals surface area contributed by atoms with E-state index >= 15 is 0 Å². The highest BCUT2D eigenvalue weighted by Gasteiger charge is 2.11. The van der Waals surface area contributed by atoms with Crippen LogP contribution in [0.4, 0.5) is 0 Å². The average Bonchev–Trinajstić information content (AvgIpc) is 2.53. The van der Waals surface area contributed by atoms with Crippen molar-refractivity contribution in [3.8, 4) is 11.5 Å². The minimum atomic E-state index is 0.637. The van der Waals surface area contributed by atoms with E-state index in [1.54, 1.807) is 7.11 Å². The van der Waals surface area contributed by atoms with Crippen molar-refractivity contribution in [1.29, 1.82) is 0 Å². The molecule has 1 heterocycles. The van der Waals surface area contributed by atoms with Crippen LogP contribution in [0.3, 0.4) is 0 Å². The predicted molar refractivity (Wildman–Crippen MR) is 81.3 cm³/mol. The third-order valence-corrected chi connectivity index (χ3v) is 3.27. The molecule has 0 radical (unpaired) electrons. The van der Waals surface area contributed by atoms with Gasteiger partial charge in [0.25, 0.3) is 0 Å². The molecule has 118 valence electrons. The van der Waals surface area contributed by atoms with Crippen molar-refractivity contribution in [1.82, 2.24) is 5.32 Å². The van der Waals surface area contributed by atoms with E-state index < -0.39 is 0 Å². The van der Waals surface area contributed by atoms with E-state index in [4.69, 9.17) is 18.9 Å². The van der Waals surface area contributed by atoms with Crippen LogP contribution >= 0.6 is 0 Å². The highest BCUT2D eigenvalue weighted by molar-refractivity contribution is 5.43. The van der Waals surface area contributed by atoms with Gasteiger partial charge < -0.3 is 24.3 Å². The van der Waals surface area contributed by atoms with Gasteiger partial charge in [-0.25, -0.2) is 0 Å². The van der Waals surface area contributed by atoms with Gasteiger partial charge in [0.15, 0.2) is 11.5 Å². The Morgan fingerprint density at radius 2 is 1.90 bits per heavy atom. The molecule has 2 rings (SSSR count). The summed E-state index contributed by atoms with van der Waals surface area (Å²) in [6.07, 6.45) is 2.01. The number of fused-ring (bicyclic) bond motifs is 1. The van der Waals surface area contributed by atoms with Crippen molar-refractivity contribution in [2.75, 3.05) is 53.2 Å². The summed E-state index contributed by atoms with van der Waals surface area (Å²) in [4.78, 5) is 0. The minimum absolute atomic E-state index is 0.637.